The predicted octanol–water partition coefficient (Wildman–Crippen LogP) is 5.61. The molecule has 52 heavy (non-hydrogen) atoms. The van der Waals surface area contributed by atoms with E-state index in [9.17, 15) is 16.8 Å². The molecule has 0 spiro atoms. The lowest BCUT2D eigenvalue weighted by molar-refractivity contribution is 0.0831. The van der Waals surface area contributed by atoms with Crippen molar-refractivity contribution in [1.82, 2.24) is 0 Å². The van der Waals surface area contributed by atoms with E-state index in [-0.39, 0.29) is 36.1 Å². The first kappa shape index (κ1) is 41.8. The van der Waals surface area contributed by atoms with Gasteiger partial charge in [-0.05, 0) is 43.7 Å². The summed E-state index contributed by atoms with van der Waals surface area (Å²) in [5.41, 5.74) is 0. The molecule has 0 radical (unpaired) electrons. The Morgan fingerprint density at radius 1 is 0.462 bits per heavy atom. The molecule has 0 aromatic heterocycles. The molecular formula is C40H54O8S2Si2. The fourth-order valence-corrected chi connectivity index (χ4v) is 17.6. The van der Waals surface area contributed by atoms with Crippen molar-refractivity contribution in [3.05, 3.63) is 121 Å². The molecular weight excluding hydrogens is 729 g/mol. The second-order valence-electron chi connectivity index (χ2n) is 15.4. The van der Waals surface area contributed by atoms with E-state index in [0.29, 0.717) is 0 Å². The fraction of sp³-hybridized carbons (Fsp3) is 0.400. The minimum atomic E-state index is -3.91. The van der Waals surface area contributed by atoms with E-state index in [4.69, 9.17) is 17.2 Å². The molecule has 4 aromatic rings. The van der Waals surface area contributed by atoms with Crippen molar-refractivity contribution in [2.75, 3.05) is 25.7 Å². The SMILES string of the molecule is CC(C)(C)[Si](OC[C@H](CC[C@@H](CO[Si](c1ccccc1)(c1ccccc1)C(C)(C)C)OS(C)(=O)=O)OS(C)(=O)=O)(c1ccccc1)c1ccccc1. The van der Waals surface area contributed by atoms with Crippen LogP contribution in [0.3, 0.4) is 0 Å². The van der Waals surface area contributed by atoms with Gasteiger partial charge < -0.3 is 8.85 Å². The number of hydrogen-bond acceptors (Lipinski definition) is 8. The first-order valence-corrected chi connectivity index (χ1v) is 25.0. The van der Waals surface area contributed by atoms with E-state index in [1.807, 2.05) is 72.8 Å². The molecule has 4 aromatic carbocycles. The van der Waals surface area contributed by atoms with Gasteiger partial charge in [-0.25, -0.2) is 0 Å². The molecule has 0 saturated carbocycles. The Labute approximate surface area is 314 Å². The van der Waals surface area contributed by atoms with Gasteiger partial charge in [-0.1, -0.05) is 163 Å². The number of benzene rings is 4. The summed E-state index contributed by atoms with van der Waals surface area (Å²) in [5.74, 6) is 0. The molecule has 0 fully saturated rings. The lowest BCUT2D eigenvalue weighted by Crippen LogP contribution is -2.67. The van der Waals surface area contributed by atoms with Crippen LogP contribution < -0.4 is 20.7 Å². The van der Waals surface area contributed by atoms with Crippen LogP contribution in [0.1, 0.15) is 54.4 Å². The first-order chi connectivity index (χ1) is 24.3. The van der Waals surface area contributed by atoms with E-state index >= 15 is 0 Å². The van der Waals surface area contributed by atoms with Crippen molar-refractivity contribution in [2.24, 2.45) is 0 Å². The van der Waals surface area contributed by atoms with Crippen LogP contribution in [0.5, 0.6) is 0 Å². The van der Waals surface area contributed by atoms with E-state index < -0.39 is 49.1 Å². The predicted molar refractivity (Wildman–Crippen MR) is 216 cm³/mol. The van der Waals surface area contributed by atoms with Crippen LogP contribution in [0.2, 0.25) is 10.1 Å². The van der Waals surface area contributed by atoms with Gasteiger partial charge in [0.15, 0.2) is 0 Å². The molecule has 4 rings (SSSR count). The molecule has 0 amide bonds. The van der Waals surface area contributed by atoms with Gasteiger partial charge >= 0.3 is 0 Å². The van der Waals surface area contributed by atoms with Crippen LogP contribution in [0.4, 0.5) is 0 Å². The standard InChI is InChI=1S/C40H54O8S2Si2/c1-39(2,3)51(35-21-13-9-14-22-35,36-23-15-10-16-24-36)45-31-33(47-49(7,41)42)29-30-34(48-50(8,43)44)32-46-52(40(4,5)6,37-25-17-11-18-26-37)38-27-19-12-20-28-38/h9-28,33-34H,29-32H2,1-8H3/t33-,34-/m0/s1. The average molecular weight is 783 g/mol. The third-order valence-electron chi connectivity index (χ3n) is 9.24. The molecule has 0 N–H and O–H groups in total. The molecule has 12 heteroatoms. The molecule has 282 valence electrons. The Morgan fingerprint density at radius 2 is 0.692 bits per heavy atom. The summed E-state index contributed by atoms with van der Waals surface area (Å²) >= 11 is 0. The van der Waals surface area contributed by atoms with Gasteiger partial charge in [0.1, 0.15) is 0 Å². The van der Waals surface area contributed by atoms with Gasteiger partial charge in [-0.15, -0.1) is 0 Å². The Morgan fingerprint density at radius 3 is 0.885 bits per heavy atom. The van der Waals surface area contributed by atoms with Gasteiger partial charge in [-0.2, -0.15) is 16.8 Å². The third-order valence-corrected chi connectivity index (χ3v) is 20.5. The second-order valence-corrected chi connectivity index (χ2v) is 27.2. The number of rotatable bonds is 17. The molecule has 0 saturated heterocycles. The molecule has 0 aliphatic heterocycles. The van der Waals surface area contributed by atoms with E-state index in [2.05, 4.69) is 90.1 Å². The Kier molecular flexibility index (Phi) is 13.7. The second kappa shape index (κ2) is 17.0. The Balaban J connectivity index is 1.69. The van der Waals surface area contributed by atoms with Crippen molar-refractivity contribution in [2.45, 2.75) is 76.7 Å². The van der Waals surface area contributed by atoms with Crippen molar-refractivity contribution in [3.8, 4) is 0 Å². The smallest absolute Gasteiger partial charge is 0.264 e. The van der Waals surface area contributed by atoms with Crippen LogP contribution in [0.15, 0.2) is 121 Å². The third kappa shape index (κ3) is 10.4. The lowest BCUT2D eigenvalue weighted by atomic mass is 10.1. The summed E-state index contributed by atoms with van der Waals surface area (Å²) in [5, 5.41) is 3.48. The van der Waals surface area contributed by atoms with Gasteiger partial charge in [0, 0.05) is 0 Å². The molecule has 0 aliphatic rings. The Bertz CT molecular complexity index is 1690. The molecule has 2 atom stereocenters. The fourth-order valence-electron chi connectivity index (χ4n) is 7.14. The van der Waals surface area contributed by atoms with Crippen LogP contribution in [0, 0.1) is 0 Å². The van der Waals surface area contributed by atoms with Gasteiger partial charge in [0.05, 0.1) is 37.9 Å². The van der Waals surface area contributed by atoms with Gasteiger partial charge in [0.25, 0.3) is 36.9 Å². The summed E-state index contributed by atoms with van der Waals surface area (Å²) in [6.45, 7) is 12.8. The summed E-state index contributed by atoms with van der Waals surface area (Å²) in [6, 6.07) is 40.2. The minimum absolute atomic E-state index is 0.0402. The van der Waals surface area contributed by atoms with Crippen molar-refractivity contribution in [1.29, 1.82) is 0 Å². The van der Waals surface area contributed by atoms with E-state index in [1.54, 1.807) is 0 Å². The zero-order valence-corrected chi connectivity index (χ0v) is 35.2. The van der Waals surface area contributed by atoms with E-state index in [0.717, 1.165) is 33.3 Å². The monoisotopic (exact) mass is 782 g/mol. The molecule has 0 unspecified atom stereocenters. The summed E-state index contributed by atoms with van der Waals surface area (Å²) in [6.07, 6.45) is 0.453. The largest absolute Gasteiger partial charge is 0.405 e. The first-order valence-electron chi connectivity index (χ1n) is 17.5. The van der Waals surface area contributed by atoms with Gasteiger partial charge in [-0.3, -0.25) is 8.37 Å². The number of hydrogen-bond donors (Lipinski definition) is 0. The molecule has 8 nitrogen and oxygen atoms in total. The maximum absolute atomic E-state index is 12.6. The van der Waals surface area contributed by atoms with Crippen LogP contribution in [-0.4, -0.2) is 71.4 Å². The van der Waals surface area contributed by atoms with Crippen molar-refractivity contribution < 1.29 is 34.1 Å². The minimum Gasteiger partial charge on any atom is -0.405 e. The molecule has 0 bridgehead atoms. The van der Waals surface area contributed by atoms with Crippen LogP contribution in [0.25, 0.3) is 0 Å². The van der Waals surface area contributed by atoms with E-state index in [1.165, 1.54) is 0 Å². The van der Waals surface area contributed by atoms with Crippen molar-refractivity contribution in [3.63, 3.8) is 0 Å². The highest BCUT2D eigenvalue weighted by molar-refractivity contribution is 7.86. The lowest BCUT2D eigenvalue weighted by Gasteiger charge is -2.44. The highest BCUT2D eigenvalue weighted by atomic mass is 32.2. The molecule has 0 heterocycles. The zero-order chi connectivity index (χ0) is 38.3. The highest BCUT2D eigenvalue weighted by Crippen LogP contribution is 2.38. The zero-order valence-electron chi connectivity index (χ0n) is 31.6. The van der Waals surface area contributed by atoms with Crippen LogP contribution in [-0.2, 0) is 37.5 Å². The maximum Gasteiger partial charge on any atom is 0.264 e. The summed E-state index contributed by atoms with van der Waals surface area (Å²) < 4.78 is 76.0. The average Bonchev–Trinajstić information content (AvgIpc) is 3.07. The van der Waals surface area contributed by atoms with Crippen molar-refractivity contribution >= 4 is 57.6 Å². The summed E-state index contributed by atoms with van der Waals surface area (Å²) in [4.78, 5) is 0. The topological polar surface area (TPSA) is 105 Å². The Hall–Kier alpha value is -2.95. The summed E-state index contributed by atoms with van der Waals surface area (Å²) in [7, 11) is -13.9. The normalized spacial score (nSPS) is 14.5. The maximum atomic E-state index is 12.6. The highest BCUT2D eigenvalue weighted by Gasteiger charge is 2.52. The molecule has 0 aliphatic carbocycles. The van der Waals surface area contributed by atoms with Crippen LogP contribution >= 0.6 is 0 Å². The van der Waals surface area contributed by atoms with Gasteiger partial charge in [0.2, 0.25) is 0 Å². The quantitative estimate of drug-likeness (QED) is 0.101.